The van der Waals surface area contributed by atoms with Gasteiger partial charge in [0.05, 0.1) is 6.04 Å². The van der Waals surface area contributed by atoms with E-state index in [1.807, 2.05) is 0 Å². The number of benzene rings is 2. The molecule has 0 aromatic heterocycles. The summed E-state index contributed by atoms with van der Waals surface area (Å²) in [5, 5.41) is 127. The summed E-state index contributed by atoms with van der Waals surface area (Å²) < 4.78 is 0. The summed E-state index contributed by atoms with van der Waals surface area (Å²) in [7, 11) is 0. The molecule has 0 unspecified atom stereocenters. The molecular weight excluding hydrogens is 1780 g/mol. The van der Waals surface area contributed by atoms with Crippen molar-refractivity contribution in [3.8, 4) is 11.5 Å². The Labute approximate surface area is 799 Å². The lowest BCUT2D eigenvalue weighted by Crippen LogP contribution is -2.61. The zero-order chi connectivity index (χ0) is 103. The van der Waals surface area contributed by atoms with Crippen molar-refractivity contribution in [1.82, 2.24) is 101 Å². The highest BCUT2D eigenvalue weighted by Gasteiger charge is 2.39. The van der Waals surface area contributed by atoms with Gasteiger partial charge in [0.25, 0.3) is 0 Å². The minimum Gasteiger partial charge on any atom is -0.508 e. The van der Waals surface area contributed by atoms with Gasteiger partial charge in [-0.05, 0) is 188 Å². The summed E-state index contributed by atoms with van der Waals surface area (Å²) in [5.41, 5.74) is 46.1. The van der Waals surface area contributed by atoms with Crippen LogP contribution < -0.4 is 147 Å². The van der Waals surface area contributed by atoms with Crippen LogP contribution in [0.5, 0.6) is 11.5 Å². The summed E-state index contributed by atoms with van der Waals surface area (Å²) >= 11 is 0. The van der Waals surface area contributed by atoms with Crippen molar-refractivity contribution in [3.05, 3.63) is 59.7 Å². The second kappa shape index (κ2) is 64.2. The third kappa shape index (κ3) is 50.4. The van der Waals surface area contributed by atoms with E-state index in [1.54, 1.807) is 55.4 Å². The number of phenolic OH excluding ortho intramolecular Hbond substituents is 2. The quantitative estimate of drug-likeness (QED) is 0.0167. The Hall–Kier alpha value is -13.8. The fourth-order valence-electron chi connectivity index (χ4n) is 14.0. The van der Waals surface area contributed by atoms with E-state index in [1.165, 1.54) is 55.5 Å². The summed E-state index contributed by atoms with van der Waals surface area (Å²) in [5.74, 6) is -17.2. The third-order valence-corrected chi connectivity index (χ3v) is 21.6. The van der Waals surface area contributed by atoms with Crippen LogP contribution in [-0.4, -0.2) is 264 Å². The normalized spacial score (nSPS) is 14.4. The molecule has 0 aliphatic rings. The monoisotopic (exact) mass is 1930 g/mol. The number of rotatable bonds is 67. The Balaban J connectivity index is 2.80. The number of aliphatic carboxylic acids is 1. The predicted octanol–water partition coefficient (Wildman–Crippen LogP) is -5.49. The van der Waals surface area contributed by atoms with Gasteiger partial charge in [-0.2, -0.15) is 0 Å². The lowest BCUT2D eigenvalue weighted by molar-refractivity contribution is -0.143. The molecule has 50 heteroatoms. The van der Waals surface area contributed by atoms with Gasteiger partial charge in [0.2, 0.25) is 76.8 Å². The molecule has 0 saturated carbocycles. The van der Waals surface area contributed by atoms with Crippen molar-refractivity contribution < 1.29 is 82.4 Å². The molecule has 15 atom stereocenters. The lowest BCUT2D eigenvalue weighted by atomic mass is 9.96. The zero-order valence-electron chi connectivity index (χ0n) is 80.0. The Kier molecular flexibility index (Phi) is 55.9. The third-order valence-electron chi connectivity index (χ3n) is 21.6. The Morgan fingerprint density at radius 2 is 0.540 bits per heavy atom. The molecule has 0 spiro atoms. The second-order valence-electron chi connectivity index (χ2n) is 35.0. The van der Waals surface area contributed by atoms with Gasteiger partial charge in [-0.3, -0.25) is 94.8 Å². The van der Waals surface area contributed by atoms with E-state index in [9.17, 15) is 58.5 Å². The molecule has 0 aliphatic heterocycles. The van der Waals surface area contributed by atoms with E-state index >= 15 is 24.0 Å². The Morgan fingerprint density at radius 3 is 0.832 bits per heavy atom. The number of unbranched alkanes of at least 4 members (excludes halogenated alkanes) is 1. The molecular formula is C87H153N33O17. The molecule has 2 aromatic carbocycles. The molecule has 2 rings (SSSR count). The number of nitrogens with one attached hydrogen (secondary N) is 25. The molecule has 137 heavy (non-hydrogen) atoms. The number of amides is 13. The maximum absolute atomic E-state index is 15.4. The van der Waals surface area contributed by atoms with Gasteiger partial charge in [-0.15, -0.1) is 0 Å². The highest BCUT2D eigenvalue weighted by Crippen LogP contribution is 2.19. The van der Waals surface area contributed by atoms with Crippen LogP contribution in [0.1, 0.15) is 195 Å². The second-order valence-corrected chi connectivity index (χ2v) is 35.0. The molecule has 13 amide bonds. The van der Waals surface area contributed by atoms with Crippen LogP contribution in [0.15, 0.2) is 48.5 Å². The maximum atomic E-state index is 15.4. The van der Waals surface area contributed by atoms with Gasteiger partial charge in [-0.1, -0.05) is 86.1 Å². The molecule has 0 bridgehead atoms. The van der Waals surface area contributed by atoms with Gasteiger partial charge in [-0.25, -0.2) is 4.79 Å². The topological polar surface area (TPSA) is 880 Å². The number of hydrogen-bond donors (Lipinski definition) is 36. The highest BCUT2D eigenvalue weighted by atomic mass is 16.4. The average Bonchev–Trinajstić information content (AvgIpc) is 0.798. The number of carboxylic acid groups (broad SMARTS) is 1. The first-order valence-corrected chi connectivity index (χ1v) is 46.2. The standard InChI is InChI=1S/C87H153N33O17/c1-10-49(8)67(80(135)119-66(81(136)137)43-48(6)7)120-75(130)61(25-18-40-107-87(100)101)112-70(125)57(21-14-36-103-83(92)93)109-68(123)50(9)108-76(131)62(41-46(2)3)116-74(129)60(24-17-39-106-86(98)99)111-72(127)59(23-16-38-105-85(96)97)114-78(133)64(44-51-26-30-53(121)31-27-51)118-79(134)65(45-52-28-32-54(122)33-29-52)117-73(128)56(20-11-12-34-88)110-71(126)58(22-15-37-104-84(94)95)113-77(132)63(42-47(4)5)115-69(124)55(89)19-13-35-102-82(90)91/h26-33,46-50,55-67,121-122H,10-25,34-45,88-89H2,1-9H3,(H,108,131)(H,109,123)(H,110,126)(H,111,127)(H,112,125)(H,113,132)(H,114,133)(H,115,124)(H,116,129)(H,117,128)(H,118,134)(H,119,135)(H,120,130)(H,136,137)(H4,90,91,102)(H4,92,93,103)(H4,94,95,104)(H4,96,97,105)(H4,98,99,106)(H4,100,101,107)/t49-,50-,55-,56-,57-,58-,59-,60-,61-,62-,63-,64-,65-,66-,67-/m0/s1. The van der Waals surface area contributed by atoms with Crippen molar-refractivity contribution in [2.75, 3.05) is 45.8 Å². The summed E-state index contributed by atoms with van der Waals surface area (Å²) in [6.07, 6.45) is -0.0831. The fourth-order valence-corrected chi connectivity index (χ4v) is 14.0. The summed E-state index contributed by atoms with van der Waals surface area (Å²) in [6.45, 7) is 15.7. The van der Waals surface area contributed by atoms with E-state index in [0.717, 1.165) is 0 Å². The number of carbonyl (C=O) groups is 14. The zero-order valence-corrected chi connectivity index (χ0v) is 80.0. The van der Waals surface area contributed by atoms with Gasteiger partial charge in [0.1, 0.15) is 90.0 Å². The number of carboxylic acids is 1. The first-order chi connectivity index (χ1) is 64.5. The molecule has 0 fully saturated rings. The van der Waals surface area contributed by atoms with Crippen LogP contribution in [0.4, 0.5) is 0 Å². The molecule has 0 radical (unpaired) electrons. The smallest absolute Gasteiger partial charge is 0.326 e. The molecule has 0 saturated heterocycles. The molecule has 0 heterocycles. The van der Waals surface area contributed by atoms with E-state index in [2.05, 4.69) is 101 Å². The van der Waals surface area contributed by atoms with Crippen LogP contribution in [0, 0.1) is 56.1 Å². The van der Waals surface area contributed by atoms with Crippen molar-refractivity contribution in [2.24, 2.45) is 69.5 Å². The van der Waals surface area contributed by atoms with Gasteiger partial charge >= 0.3 is 5.97 Å². The number of guanidine groups is 6. The van der Waals surface area contributed by atoms with Crippen LogP contribution >= 0.6 is 0 Å². The van der Waals surface area contributed by atoms with Crippen molar-refractivity contribution in [1.29, 1.82) is 32.5 Å². The predicted molar refractivity (Wildman–Crippen MR) is 516 cm³/mol. The van der Waals surface area contributed by atoms with Crippen molar-refractivity contribution in [3.63, 3.8) is 0 Å². The Bertz CT molecular complexity index is 4280. The van der Waals surface area contributed by atoms with Crippen LogP contribution in [0.25, 0.3) is 0 Å². The van der Waals surface area contributed by atoms with Gasteiger partial charge in [0.15, 0.2) is 35.8 Å². The van der Waals surface area contributed by atoms with E-state index < -0.39 is 197 Å². The lowest BCUT2D eigenvalue weighted by Gasteiger charge is -2.29. The summed E-state index contributed by atoms with van der Waals surface area (Å²) in [4.78, 5) is 203. The molecule has 768 valence electrons. The van der Waals surface area contributed by atoms with E-state index in [4.69, 9.17) is 78.3 Å². The number of phenols is 2. The first kappa shape index (κ1) is 119. The number of nitrogens with two attached hydrogens (primary N) is 8. The van der Waals surface area contributed by atoms with E-state index in [0.29, 0.717) is 30.4 Å². The Morgan fingerprint density at radius 1 is 0.299 bits per heavy atom. The SMILES string of the molecule is CC[C@H](C)[C@H](NC(=O)[C@H](CCCNC(=N)N)NC(=O)[C@H](CCCNC(=N)N)NC(=O)[C@H](C)NC(=O)[C@H](CC(C)C)NC(=O)[C@H](CCCNC(=N)N)NC(=O)[C@H](CCCNC(=N)N)NC(=O)[C@H](Cc1ccc(O)cc1)NC(=O)[C@H](Cc1ccc(O)cc1)NC(=O)[C@H](CCCCN)NC(=O)[C@H](CCCNC(=N)N)NC(=O)[C@H](CC(C)C)NC(=O)[C@@H](N)CCCNC(=N)N)C(=O)N[C@@H](CC(C)C)C(=O)O. The largest absolute Gasteiger partial charge is 0.508 e. The molecule has 0 aliphatic carbocycles. The van der Waals surface area contributed by atoms with Crippen LogP contribution in [0.2, 0.25) is 0 Å². The fraction of sp³-hybridized carbons (Fsp3) is 0.632. The molecule has 50 nitrogen and oxygen atoms in total. The molecule has 2 aromatic rings. The van der Waals surface area contributed by atoms with Crippen LogP contribution in [0.3, 0.4) is 0 Å². The van der Waals surface area contributed by atoms with Crippen molar-refractivity contribution in [2.45, 2.75) is 282 Å². The van der Waals surface area contributed by atoms with E-state index in [-0.39, 0.29) is 203 Å². The van der Waals surface area contributed by atoms with Gasteiger partial charge in [0, 0.05) is 52.1 Å². The summed E-state index contributed by atoms with van der Waals surface area (Å²) in [6, 6.07) is -9.32. The maximum Gasteiger partial charge on any atom is 0.326 e. The number of hydrogen-bond acceptors (Lipinski definition) is 24. The van der Waals surface area contributed by atoms with Crippen LogP contribution in [-0.2, 0) is 80.0 Å². The first-order valence-electron chi connectivity index (χ1n) is 46.2. The average molecular weight is 1930 g/mol. The number of carbonyl (C=O) groups excluding carboxylic acids is 13. The minimum absolute atomic E-state index is 0.00724. The highest BCUT2D eigenvalue weighted by molar-refractivity contribution is 6.00. The van der Waals surface area contributed by atoms with Crippen molar-refractivity contribution >= 4 is 119 Å². The minimum atomic E-state index is -1.69. The molecule has 44 N–H and O–H groups in total. The number of aromatic hydroxyl groups is 2. The van der Waals surface area contributed by atoms with Gasteiger partial charge < -0.3 is 162 Å².